The van der Waals surface area contributed by atoms with Gasteiger partial charge in [-0.3, -0.25) is 14.4 Å². The van der Waals surface area contributed by atoms with Crippen LogP contribution in [-0.4, -0.2) is 57.2 Å². The van der Waals surface area contributed by atoms with Crippen molar-refractivity contribution in [1.82, 2.24) is 19.6 Å². The minimum atomic E-state index is 0.322. The Kier molecular flexibility index (Phi) is 4.82. The first-order valence-electron chi connectivity index (χ1n) is 11.4. The normalized spacial score (nSPS) is 32.5. The van der Waals surface area contributed by atoms with Crippen molar-refractivity contribution in [1.29, 1.82) is 0 Å². The zero-order chi connectivity index (χ0) is 19.3. The molecule has 5 nitrogen and oxygen atoms in total. The Morgan fingerprint density at radius 1 is 1.21 bits per heavy atom. The second-order valence-corrected chi connectivity index (χ2v) is 9.50. The summed E-state index contributed by atoms with van der Waals surface area (Å²) >= 11 is 0. The SMILES string of the molecule is Cc1cc(C)n(CCC(=O)N2CCCC3=C[C@H]4C[C@@H](CN5CCCC[C@H]45)[C@H]32)n1. The molecule has 1 aromatic heterocycles. The number of carbonyl (C=O) groups is 1. The number of piperidine rings is 3. The van der Waals surface area contributed by atoms with Gasteiger partial charge in [0.2, 0.25) is 5.91 Å². The molecule has 1 amide bonds. The molecule has 4 atom stereocenters. The van der Waals surface area contributed by atoms with Gasteiger partial charge in [0, 0.05) is 37.8 Å². The molecule has 0 N–H and O–H groups in total. The van der Waals surface area contributed by atoms with E-state index in [1.165, 1.54) is 45.2 Å². The Balaban J connectivity index is 1.32. The maximum atomic E-state index is 13.2. The predicted octanol–water partition coefficient (Wildman–Crippen LogP) is 3.31. The summed E-state index contributed by atoms with van der Waals surface area (Å²) in [7, 11) is 0. The van der Waals surface area contributed by atoms with Crippen LogP contribution in [0.2, 0.25) is 0 Å². The van der Waals surface area contributed by atoms with Crippen molar-refractivity contribution in [3.8, 4) is 0 Å². The molecule has 3 aliphatic heterocycles. The van der Waals surface area contributed by atoms with Gasteiger partial charge in [-0.05, 0) is 70.4 Å². The second kappa shape index (κ2) is 7.33. The van der Waals surface area contributed by atoms with Gasteiger partial charge >= 0.3 is 0 Å². The van der Waals surface area contributed by atoms with Crippen LogP contribution in [0.3, 0.4) is 0 Å². The van der Waals surface area contributed by atoms with E-state index in [0.717, 1.165) is 36.3 Å². The van der Waals surface area contributed by atoms with Gasteiger partial charge in [0.15, 0.2) is 0 Å². The van der Waals surface area contributed by atoms with E-state index in [0.29, 0.717) is 30.8 Å². The number of aryl methyl sites for hydroxylation is 3. The summed E-state index contributed by atoms with van der Waals surface area (Å²) in [6, 6.07) is 3.22. The van der Waals surface area contributed by atoms with E-state index in [1.54, 1.807) is 5.57 Å². The Bertz CT molecular complexity index is 782. The first kappa shape index (κ1) is 18.4. The molecule has 3 fully saturated rings. The average molecular weight is 383 g/mol. The Morgan fingerprint density at radius 3 is 2.93 bits per heavy atom. The maximum Gasteiger partial charge on any atom is 0.224 e. The van der Waals surface area contributed by atoms with E-state index < -0.39 is 0 Å². The van der Waals surface area contributed by atoms with Crippen molar-refractivity contribution < 1.29 is 4.79 Å². The molecule has 2 bridgehead atoms. The third-order valence-electron chi connectivity index (χ3n) is 7.62. The minimum absolute atomic E-state index is 0.322. The van der Waals surface area contributed by atoms with Gasteiger partial charge in [-0.25, -0.2) is 0 Å². The number of hydrogen-bond donors (Lipinski definition) is 0. The first-order chi connectivity index (χ1) is 13.6. The lowest BCUT2D eigenvalue weighted by molar-refractivity contribution is -0.136. The number of carbonyl (C=O) groups excluding carboxylic acids is 1. The molecule has 1 aromatic rings. The fourth-order valence-corrected chi connectivity index (χ4v) is 6.50. The van der Waals surface area contributed by atoms with Crippen LogP contribution < -0.4 is 0 Å². The van der Waals surface area contributed by atoms with Crippen LogP contribution in [0.25, 0.3) is 0 Å². The monoisotopic (exact) mass is 382 g/mol. The lowest BCUT2D eigenvalue weighted by Crippen LogP contribution is -2.60. The highest BCUT2D eigenvalue weighted by Gasteiger charge is 2.46. The number of amides is 1. The number of aromatic nitrogens is 2. The van der Waals surface area contributed by atoms with Crippen molar-refractivity contribution in [3.63, 3.8) is 0 Å². The third-order valence-corrected chi connectivity index (χ3v) is 7.62. The summed E-state index contributed by atoms with van der Waals surface area (Å²) in [4.78, 5) is 18.2. The fourth-order valence-electron chi connectivity index (χ4n) is 6.50. The van der Waals surface area contributed by atoms with Crippen molar-refractivity contribution in [2.24, 2.45) is 11.8 Å². The average Bonchev–Trinajstić information content (AvgIpc) is 3.03. The first-order valence-corrected chi connectivity index (χ1v) is 11.4. The number of nitrogens with zero attached hydrogens (tertiary/aromatic N) is 4. The standard InChI is InChI=1S/C23H34N4O/c1-16-12-17(2)27(24-16)11-8-22(28)26-10-5-6-18-13-19-14-20(23(18)26)15-25-9-4-3-7-21(19)25/h12-13,19-21,23H,3-11,14-15H2,1-2H3/t19-,20-,21+,23-/m0/s1. The van der Waals surface area contributed by atoms with Crippen LogP contribution in [0.1, 0.15) is 56.3 Å². The Morgan fingerprint density at radius 2 is 2.11 bits per heavy atom. The summed E-state index contributed by atoms with van der Waals surface area (Å²) in [6.07, 6.45) is 10.9. The number of rotatable bonds is 3. The smallest absolute Gasteiger partial charge is 0.224 e. The van der Waals surface area contributed by atoms with E-state index in [1.807, 2.05) is 11.6 Å². The van der Waals surface area contributed by atoms with Crippen LogP contribution in [0.5, 0.6) is 0 Å². The highest BCUT2D eigenvalue weighted by atomic mass is 16.2. The molecular formula is C23H34N4O. The summed E-state index contributed by atoms with van der Waals surface area (Å²) in [5, 5.41) is 4.53. The number of fused-ring (bicyclic) bond motifs is 6. The molecule has 1 aliphatic carbocycles. The predicted molar refractivity (Wildman–Crippen MR) is 110 cm³/mol. The van der Waals surface area contributed by atoms with E-state index in [4.69, 9.17) is 0 Å². The third kappa shape index (κ3) is 3.22. The fraction of sp³-hybridized carbons (Fsp3) is 0.739. The summed E-state index contributed by atoms with van der Waals surface area (Å²) in [6.45, 7) is 8.18. The topological polar surface area (TPSA) is 41.4 Å². The zero-order valence-electron chi connectivity index (χ0n) is 17.4. The molecule has 152 valence electrons. The van der Waals surface area contributed by atoms with E-state index in [9.17, 15) is 4.79 Å². The molecule has 4 heterocycles. The van der Waals surface area contributed by atoms with Crippen molar-refractivity contribution >= 4 is 5.91 Å². The lowest BCUT2D eigenvalue weighted by Gasteiger charge is -2.54. The number of hydrogen-bond acceptors (Lipinski definition) is 3. The summed E-state index contributed by atoms with van der Waals surface area (Å²) < 4.78 is 1.99. The molecule has 0 aromatic carbocycles. The molecule has 28 heavy (non-hydrogen) atoms. The van der Waals surface area contributed by atoms with Crippen LogP contribution >= 0.6 is 0 Å². The van der Waals surface area contributed by atoms with Crippen molar-refractivity contribution in [2.45, 2.75) is 77.4 Å². The van der Waals surface area contributed by atoms with Gasteiger partial charge in [-0.15, -0.1) is 0 Å². The highest BCUT2D eigenvalue weighted by molar-refractivity contribution is 5.77. The molecule has 0 saturated carbocycles. The molecule has 0 radical (unpaired) electrons. The van der Waals surface area contributed by atoms with Crippen molar-refractivity contribution in [3.05, 3.63) is 29.1 Å². The van der Waals surface area contributed by atoms with E-state index >= 15 is 0 Å². The van der Waals surface area contributed by atoms with Gasteiger partial charge < -0.3 is 4.90 Å². The van der Waals surface area contributed by atoms with Gasteiger partial charge in [0.25, 0.3) is 0 Å². The van der Waals surface area contributed by atoms with Crippen molar-refractivity contribution in [2.75, 3.05) is 19.6 Å². The van der Waals surface area contributed by atoms with Gasteiger partial charge in [0.05, 0.1) is 11.7 Å². The second-order valence-electron chi connectivity index (χ2n) is 9.50. The van der Waals surface area contributed by atoms with Crippen LogP contribution in [0.4, 0.5) is 0 Å². The minimum Gasteiger partial charge on any atom is -0.336 e. The molecule has 0 spiro atoms. The summed E-state index contributed by atoms with van der Waals surface area (Å²) in [5.41, 5.74) is 3.76. The van der Waals surface area contributed by atoms with E-state index in [-0.39, 0.29) is 0 Å². The Labute approximate surface area is 168 Å². The molecule has 5 heteroatoms. The van der Waals surface area contributed by atoms with Crippen LogP contribution in [0, 0.1) is 25.7 Å². The largest absolute Gasteiger partial charge is 0.336 e. The molecule has 4 aliphatic rings. The lowest BCUT2D eigenvalue weighted by atomic mass is 9.68. The van der Waals surface area contributed by atoms with Gasteiger partial charge in [0.1, 0.15) is 0 Å². The van der Waals surface area contributed by atoms with E-state index in [2.05, 4.69) is 34.0 Å². The van der Waals surface area contributed by atoms with Crippen LogP contribution in [-0.2, 0) is 11.3 Å². The number of likely N-dealkylation sites (tertiary alicyclic amines) is 1. The van der Waals surface area contributed by atoms with Crippen LogP contribution in [0.15, 0.2) is 17.7 Å². The Hall–Kier alpha value is -1.62. The maximum absolute atomic E-state index is 13.2. The molecule has 5 rings (SSSR count). The summed E-state index contributed by atoms with van der Waals surface area (Å²) in [5.74, 6) is 1.69. The zero-order valence-corrected chi connectivity index (χ0v) is 17.4. The molecular weight excluding hydrogens is 348 g/mol. The molecule has 3 saturated heterocycles. The van der Waals surface area contributed by atoms with Gasteiger partial charge in [-0.1, -0.05) is 18.1 Å². The highest BCUT2D eigenvalue weighted by Crippen LogP contribution is 2.45. The molecule has 0 unspecified atom stereocenters. The quantitative estimate of drug-likeness (QED) is 0.753. The van der Waals surface area contributed by atoms with Gasteiger partial charge in [-0.2, -0.15) is 5.10 Å².